The third-order valence-electron chi connectivity index (χ3n) is 1.43. The first-order valence-electron chi connectivity index (χ1n) is 3.91. The molecule has 0 radical (unpaired) electrons. The number of benzene rings is 1. The summed E-state index contributed by atoms with van der Waals surface area (Å²) in [6.45, 7) is 1.33. The lowest BCUT2D eigenvalue weighted by Crippen LogP contribution is -2.05. The summed E-state index contributed by atoms with van der Waals surface area (Å²) in [5.41, 5.74) is 5.32. The van der Waals surface area contributed by atoms with Crippen molar-refractivity contribution in [2.45, 2.75) is 6.42 Å². The van der Waals surface area contributed by atoms with Crippen molar-refractivity contribution < 1.29 is 4.74 Å². The van der Waals surface area contributed by atoms with E-state index in [0.717, 1.165) is 17.2 Å². The van der Waals surface area contributed by atoms with E-state index in [2.05, 4.69) is 0 Å². The average Bonchev–Trinajstić information content (AvgIpc) is 2.09. The Bertz CT molecular complexity index is 222. The first-order chi connectivity index (χ1) is 5.83. The molecule has 0 heterocycles. The van der Waals surface area contributed by atoms with Gasteiger partial charge in [0.15, 0.2) is 0 Å². The number of hydrogen-bond donors (Lipinski definition) is 1. The Hall–Kier alpha value is -0.730. The van der Waals surface area contributed by atoms with Crippen LogP contribution < -0.4 is 10.5 Å². The van der Waals surface area contributed by atoms with Crippen molar-refractivity contribution >= 4 is 11.6 Å². The Kier molecular flexibility index (Phi) is 3.91. The quantitative estimate of drug-likeness (QED) is 0.729. The van der Waals surface area contributed by atoms with E-state index < -0.39 is 0 Å². The second kappa shape index (κ2) is 5.01. The lowest BCUT2D eigenvalue weighted by Gasteiger charge is -2.03. The van der Waals surface area contributed by atoms with Gasteiger partial charge in [0.1, 0.15) is 5.75 Å². The molecule has 1 aromatic carbocycles. The highest BCUT2D eigenvalue weighted by Gasteiger charge is 1.91. The van der Waals surface area contributed by atoms with Crippen LogP contribution in [-0.4, -0.2) is 13.2 Å². The van der Waals surface area contributed by atoms with Gasteiger partial charge in [0.2, 0.25) is 0 Å². The van der Waals surface area contributed by atoms with E-state index in [-0.39, 0.29) is 0 Å². The molecule has 0 saturated heterocycles. The Balaban J connectivity index is 2.37. The summed E-state index contributed by atoms with van der Waals surface area (Å²) in [5.74, 6) is 0.841. The standard InChI is InChI=1S/C9H12ClNO/c10-8-2-4-9(5-3-8)12-7-1-6-11/h2-5H,1,6-7,11H2. The van der Waals surface area contributed by atoms with Gasteiger partial charge >= 0.3 is 0 Å². The van der Waals surface area contributed by atoms with Crippen molar-refractivity contribution in [1.29, 1.82) is 0 Å². The van der Waals surface area contributed by atoms with Crippen LogP contribution in [0.4, 0.5) is 0 Å². The third-order valence-corrected chi connectivity index (χ3v) is 1.68. The Morgan fingerprint density at radius 1 is 1.25 bits per heavy atom. The van der Waals surface area contributed by atoms with E-state index in [1.54, 1.807) is 12.1 Å². The van der Waals surface area contributed by atoms with Crippen LogP contribution >= 0.6 is 11.6 Å². The minimum atomic E-state index is 0.660. The Morgan fingerprint density at radius 3 is 2.50 bits per heavy atom. The van der Waals surface area contributed by atoms with E-state index in [1.165, 1.54) is 0 Å². The third kappa shape index (κ3) is 3.11. The van der Waals surface area contributed by atoms with Crippen LogP contribution in [0.1, 0.15) is 6.42 Å². The summed E-state index contributed by atoms with van der Waals surface area (Å²) in [7, 11) is 0. The highest BCUT2D eigenvalue weighted by molar-refractivity contribution is 6.30. The average molecular weight is 186 g/mol. The van der Waals surface area contributed by atoms with E-state index >= 15 is 0 Å². The Morgan fingerprint density at radius 2 is 1.92 bits per heavy atom. The van der Waals surface area contributed by atoms with Crippen molar-refractivity contribution in [3.05, 3.63) is 29.3 Å². The number of hydrogen-bond acceptors (Lipinski definition) is 2. The van der Waals surface area contributed by atoms with Crippen molar-refractivity contribution in [3.63, 3.8) is 0 Å². The van der Waals surface area contributed by atoms with E-state index in [0.29, 0.717) is 13.2 Å². The first-order valence-corrected chi connectivity index (χ1v) is 4.29. The molecule has 3 heteroatoms. The summed E-state index contributed by atoms with van der Waals surface area (Å²) in [6.07, 6.45) is 0.878. The summed E-state index contributed by atoms with van der Waals surface area (Å²) >= 11 is 5.70. The van der Waals surface area contributed by atoms with Crippen LogP contribution in [0.5, 0.6) is 5.75 Å². The zero-order chi connectivity index (χ0) is 8.81. The molecule has 0 aromatic heterocycles. The molecule has 0 aliphatic carbocycles. The van der Waals surface area contributed by atoms with E-state index in [4.69, 9.17) is 22.1 Å². The maximum Gasteiger partial charge on any atom is 0.119 e. The van der Waals surface area contributed by atoms with Crippen LogP contribution in [0, 0.1) is 0 Å². The number of nitrogens with two attached hydrogens (primary N) is 1. The van der Waals surface area contributed by atoms with Crippen molar-refractivity contribution in [1.82, 2.24) is 0 Å². The van der Waals surface area contributed by atoms with Crippen molar-refractivity contribution in [3.8, 4) is 5.75 Å². The Labute approximate surface area is 77.3 Å². The molecule has 12 heavy (non-hydrogen) atoms. The van der Waals surface area contributed by atoms with Gasteiger partial charge in [-0.2, -0.15) is 0 Å². The lowest BCUT2D eigenvalue weighted by atomic mass is 10.3. The van der Waals surface area contributed by atoms with Crippen molar-refractivity contribution in [2.75, 3.05) is 13.2 Å². The fourth-order valence-corrected chi connectivity index (χ4v) is 0.930. The highest BCUT2D eigenvalue weighted by atomic mass is 35.5. The molecule has 2 nitrogen and oxygen atoms in total. The number of rotatable bonds is 4. The number of ether oxygens (including phenoxy) is 1. The van der Waals surface area contributed by atoms with Gasteiger partial charge in [-0.3, -0.25) is 0 Å². The molecule has 0 saturated carbocycles. The van der Waals surface area contributed by atoms with Gasteiger partial charge in [0.25, 0.3) is 0 Å². The maximum absolute atomic E-state index is 5.70. The van der Waals surface area contributed by atoms with Crippen LogP contribution in [0.2, 0.25) is 5.02 Å². The predicted molar refractivity (Wildman–Crippen MR) is 50.6 cm³/mol. The SMILES string of the molecule is NCCCOc1ccc(Cl)cc1. The van der Waals surface area contributed by atoms with Gasteiger partial charge in [-0.25, -0.2) is 0 Å². The summed E-state index contributed by atoms with van der Waals surface area (Å²) in [4.78, 5) is 0. The molecule has 1 rings (SSSR count). The highest BCUT2D eigenvalue weighted by Crippen LogP contribution is 2.15. The lowest BCUT2D eigenvalue weighted by molar-refractivity contribution is 0.313. The predicted octanol–water partition coefficient (Wildman–Crippen LogP) is 2.07. The second-order valence-corrected chi connectivity index (χ2v) is 2.88. The van der Waals surface area contributed by atoms with Gasteiger partial charge in [-0.15, -0.1) is 0 Å². The molecule has 0 amide bonds. The van der Waals surface area contributed by atoms with Gasteiger partial charge in [0.05, 0.1) is 6.61 Å². The van der Waals surface area contributed by atoms with Gasteiger partial charge in [-0.05, 0) is 37.2 Å². The molecule has 0 bridgehead atoms. The van der Waals surface area contributed by atoms with Gasteiger partial charge < -0.3 is 10.5 Å². The molecule has 0 aliphatic heterocycles. The van der Waals surface area contributed by atoms with Crippen LogP contribution in [0.25, 0.3) is 0 Å². The number of halogens is 1. The molecule has 0 unspecified atom stereocenters. The second-order valence-electron chi connectivity index (χ2n) is 2.44. The normalized spacial score (nSPS) is 9.83. The fourth-order valence-electron chi connectivity index (χ4n) is 0.804. The molecule has 0 atom stereocenters. The molecule has 2 N–H and O–H groups in total. The molecular weight excluding hydrogens is 174 g/mol. The first kappa shape index (κ1) is 9.36. The largest absolute Gasteiger partial charge is 0.494 e. The summed E-state index contributed by atoms with van der Waals surface area (Å²) in [5, 5.41) is 0.723. The van der Waals surface area contributed by atoms with Crippen molar-refractivity contribution in [2.24, 2.45) is 5.73 Å². The van der Waals surface area contributed by atoms with Crippen LogP contribution in [0.15, 0.2) is 24.3 Å². The fraction of sp³-hybridized carbons (Fsp3) is 0.333. The minimum Gasteiger partial charge on any atom is -0.494 e. The van der Waals surface area contributed by atoms with Gasteiger partial charge in [-0.1, -0.05) is 11.6 Å². The maximum atomic E-state index is 5.70. The molecule has 1 aromatic rings. The topological polar surface area (TPSA) is 35.2 Å². The zero-order valence-electron chi connectivity index (χ0n) is 6.79. The zero-order valence-corrected chi connectivity index (χ0v) is 7.55. The van der Waals surface area contributed by atoms with E-state index in [1.807, 2.05) is 12.1 Å². The molecule has 66 valence electrons. The molecule has 0 fully saturated rings. The van der Waals surface area contributed by atoms with Crippen LogP contribution in [0.3, 0.4) is 0 Å². The summed E-state index contributed by atoms with van der Waals surface area (Å²) < 4.78 is 5.36. The molecule has 0 aliphatic rings. The molecular formula is C9H12ClNO. The molecule has 0 spiro atoms. The summed E-state index contributed by atoms with van der Waals surface area (Å²) in [6, 6.07) is 7.30. The van der Waals surface area contributed by atoms with E-state index in [9.17, 15) is 0 Å². The monoisotopic (exact) mass is 185 g/mol. The van der Waals surface area contributed by atoms with Gasteiger partial charge in [0, 0.05) is 5.02 Å². The smallest absolute Gasteiger partial charge is 0.119 e. The minimum absolute atomic E-state index is 0.660. The van der Waals surface area contributed by atoms with Crippen LogP contribution in [-0.2, 0) is 0 Å².